The van der Waals surface area contributed by atoms with Crippen molar-refractivity contribution in [2.75, 3.05) is 18.4 Å². The van der Waals surface area contributed by atoms with Crippen molar-refractivity contribution in [1.82, 2.24) is 14.5 Å². The first-order valence-electron chi connectivity index (χ1n) is 10.8. The van der Waals surface area contributed by atoms with E-state index in [4.69, 9.17) is 0 Å². The van der Waals surface area contributed by atoms with Crippen molar-refractivity contribution in [3.63, 3.8) is 0 Å². The minimum atomic E-state index is -0.244. The Morgan fingerprint density at radius 2 is 1.66 bits per heavy atom. The molecule has 154 valence electrons. The monoisotopic (exact) mass is 394 g/mol. The number of imidazole rings is 1. The predicted molar refractivity (Wildman–Crippen MR) is 113 cm³/mol. The van der Waals surface area contributed by atoms with Crippen LogP contribution >= 0.6 is 0 Å². The summed E-state index contributed by atoms with van der Waals surface area (Å²) in [7, 11) is 0. The van der Waals surface area contributed by atoms with Gasteiger partial charge in [-0.1, -0.05) is 18.9 Å². The molecule has 6 nitrogen and oxygen atoms in total. The molecule has 29 heavy (non-hydrogen) atoms. The van der Waals surface area contributed by atoms with Crippen LogP contribution in [-0.4, -0.2) is 39.4 Å². The summed E-state index contributed by atoms with van der Waals surface area (Å²) in [6.07, 6.45) is 7.28. The van der Waals surface area contributed by atoms with E-state index in [0.29, 0.717) is 11.5 Å². The van der Waals surface area contributed by atoms with Crippen molar-refractivity contribution in [3.05, 3.63) is 46.5 Å². The molecule has 1 saturated heterocycles. The maximum absolute atomic E-state index is 13.2. The van der Waals surface area contributed by atoms with Gasteiger partial charge in [0.2, 0.25) is 0 Å². The van der Waals surface area contributed by atoms with Gasteiger partial charge >= 0.3 is 0 Å². The Kier molecular flexibility index (Phi) is 5.69. The number of hydrogen-bond acceptors (Lipinski definition) is 3. The molecule has 2 aliphatic rings. The molecule has 0 aliphatic carbocycles. The number of anilines is 1. The first-order chi connectivity index (χ1) is 14.0. The van der Waals surface area contributed by atoms with Crippen molar-refractivity contribution in [1.29, 1.82) is 0 Å². The topological polar surface area (TPSA) is 67.2 Å². The van der Waals surface area contributed by atoms with E-state index >= 15 is 0 Å². The number of amides is 2. The maximum atomic E-state index is 13.2. The highest BCUT2D eigenvalue weighted by atomic mass is 16.2. The van der Waals surface area contributed by atoms with Crippen molar-refractivity contribution < 1.29 is 9.59 Å². The lowest BCUT2D eigenvalue weighted by molar-refractivity contribution is 0.0754. The molecule has 0 unspecified atom stereocenters. The van der Waals surface area contributed by atoms with Gasteiger partial charge in [-0.15, -0.1) is 0 Å². The van der Waals surface area contributed by atoms with Crippen molar-refractivity contribution in [2.24, 2.45) is 0 Å². The molecule has 0 radical (unpaired) electrons. The number of carbonyl (C=O) groups is 2. The van der Waals surface area contributed by atoms with Crippen LogP contribution in [0.1, 0.15) is 76.5 Å². The Labute approximate surface area is 172 Å². The van der Waals surface area contributed by atoms with Crippen LogP contribution in [0.5, 0.6) is 0 Å². The van der Waals surface area contributed by atoms with E-state index in [1.165, 1.54) is 18.4 Å². The molecule has 2 aliphatic heterocycles. The molecule has 0 bridgehead atoms. The molecule has 3 heterocycles. The van der Waals surface area contributed by atoms with E-state index in [9.17, 15) is 9.59 Å². The van der Waals surface area contributed by atoms with Gasteiger partial charge in [-0.05, 0) is 69.2 Å². The number of benzene rings is 1. The second-order valence-corrected chi connectivity index (χ2v) is 8.30. The molecule has 2 amide bonds. The number of hydrogen-bond donors (Lipinski definition) is 1. The number of rotatable bonds is 3. The van der Waals surface area contributed by atoms with Gasteiger partial charge in [-0.2, -0.15) is 0 Å². The average molecular weight is 395 g/mol. The highest BCUT2D eigenvalue weighted by molar-refractivity contribution is 6.03. The largest absolute Gasteiger partial charge is 0.337 e. The van der Waals surface area contributed by atoms with Gasteiger partial charge in [-0.25, -0.2) is 4.98 Å². The fraction of sp³-hybridized carbons (Fsp3) is 0.522. The van der Waals surface area contributed by atoms with Gasteiger partial charge in [0.15, 0.2) is 5.82 Å². The van der Waals surface area contributed by atoms with Crippen LogP contribution in [0.3, 0.4) is 0 Å². The number of likely N-dealkylation sites (tertiary alicyclic amines) is 1. The number of nitrogens with zero attached hydrogens (tertiary/aromatic N) is 3. The standard InChI is InChI=1S/C23H30N4O2/c1-16-10-11-18(15-17(16)2)24-22(28)21-25-20(19-9-5-8-14-27(19)21)23(29)26-12-6-3-4-7-13-26/h10-11,15H,3-9,12-14H2,1-2H3,(H,24,28). The van der Waals surface area contributed by atoms with Gasteiger partial charge < -0.3 is 14.8 Å². The second kappa shape index (κ2) is 8.39. The number of aryl methyl sites for hydroxylation is 2. The van der Waals surface area contributed by atoms with E-state index in [2.05, 4.69) is 10.3 Å². The average Bonchev–Trinajstić information content (AvgIpc) is 2.90. The highest BCUT2D eigenvalue weighted by Gasteiger charge is 2.30. The zero-order valence-electron chi connectivity index (χ0n) is 17.5. The lowest BCUT2D eigenvalue weighted by Crippen LogP contribution is -2.33. The molecular formula is C23H30N4O2. The van der Waals surface area contributed by atoms with E-state index in [1.807, 2.05) is 41.5 Å². The quantitative estimate of drug-likeness (QED) is 0.852. The highest BCUT2D eigenvalue weighted by Crippen LogP contribution is 2.24. The minimum Gasteiger partial charge on any atom is -0.337 e. The third-order valence-corrected chi connectivity index (χ3v) is 6.18. The smallest absolute Gasteiger partial charge is 0.291 e. The normalized spacial score (nSPS) is 16.8. The third-order valence-electron chi connectivity index (χ3n) is 6.18. The zero-order chi connectivity index (χ0) is 20.4. The molecule has 1 aromatic carbocycles. The summed E-state index contributed by atoms with van der Waals surface area (Å²) in [4.78, 5) is 32.8. The fourth-order valence-corrected chi connectivity index (χ4v) is 4.32. The lowest BCUT2D eigenvalue weighted by atomic mass is 10.1. The Bertz CT molecular complexity index is 923. The van der Waals surface area contributed by atoms with Crippen LogP contribution in [0.15, 0.2) is 18.2 Å². The summed E-state index contributed by atoms with van der Waals surface area (Å²) in [6, 6.07) is 5.88. The molecule has 2 aromatic rings. The summed E-state index contributed by atoms with van der Waals surface area (Å²) in [5.41, 5.74) is 4.48. The molecule has 6 heteroatoms. The second-order valence-electron chi connectivity index (χ2n) is 8.30. The van der Waals surface area contributed by atoms with Gasteiger partial charge in [0, 0.05) is 25.3 Å². The molecule has 4 rings (SSSR count). The molecule has 0 saturated carbocycles. The number of carbonyl (C=O) groups excluding carboxylic acids is 2. The van der Waals surface area contributed by atoms with E-state index in [1.54, 1.807) is 0 Å². The van der Waals surface area contributed by atoms with Crippen LogP contribution in [0.25, 0.3) is 0 Å². The maximum Gasteiger partial charge on any atom is 0.291 e. The van der Waals surface area contributed by atoms with E-state index < -0.39 is 0 Å². The number of nitrogens with one attached hydrogen (secondary N) is 1. The van der Waals surface area contributed by atoms with E-state index in [-0.39, 0.29) is 11.8 Å². The van der Waals surface area contributed by atoms with Crippen molar-refractivity contribution >= 4 is 17.5 Å². The fourth-order valence-electron chi connectivity index (χ4n) is 4.32. The summed E-state index contributed by atoms with van der Waals surface area (Å²) >= 11 is 0. The molecule has 1 N–H and O–H groups in total. The zero-order valence-corrected chi connectivity index (χ0v) is 17.5. The minimum absolute atomic E-state index is 0.0113. The van der Waals surface area contributed by atoms with Gasteiger partial charge in [0.25, 0.3) is 11.8 Å². The number of fused-ring (bicyclic) bond motifs is 1. The van der Waals surface area contributed by atoms with Crippen LogP contribution < -0.4 is 5.32 Å². The molecule has 0 atom stereocenters. The first-order valence-corrected chi connectivity index (χ1v) is 10.8. The van der Waals surface area contributed by atoms with E-state index in [0.717, 1.165) is 68.7 Å². The van der Waals surface area contributed by atoms with Crippen LogP contribution in [-0.2, 0) is 13.0 Å². The Morgan fingerprint density at radius 3 is 2.38 bits per heavy atom. The van der Waals surface area contributed by atoms with Crippen LogP contribution in [0, 0.1) is 13.8 Å². The third kappa shape index (κ3) is 4.07. The van der Waals surface area contributed by atoms with Crippen molar-refractivity contribution in [2.45, 2.75) is 65.3 Å². The Balaban J connectivity index is 1.62. The van der Waals surface area contributed by atoms with Crippen LogP contribution in [0.4, 0.5) is 5.69 Å². The van der Waals surface area contributed by atoms with Crippen LogP contribution in [0.2, 0.25) is 0 Å². The lowest BCUT2D eigenvalue weighted by Gasteiger charge is -2.21. The summed E-state index contributed by atoms with van der Waals surface area (Å²) in [5, 5.41) is 2.97. The summed E-state index contributed by atoms with van der Waals surface area (Å²) in [5.74, 6) is 0.102. The molecular weight excluding hydrogens is 364 g/mol. The number of aromatic nitrogens is 2. The van der Waals surface area contributed by atoms with Crippen molar-refractivity contribution in [3.8, 4) is 0 Å². The Hall–Kier alpha value is -2.63. The summed E-state index contributed by atoms with van der Waals surface area (Å²) < 4.78 is 1.96. The molecule has 0 spiro atoms. The van der Waals surface area contributed by atoms with Gasteiger partial charge in [0.05, 0.1) is 5.69 Å². The Morgan fingerprint density at radius 1 is 0.931 bits per heavy atom. The molecule has 1 fully saturated rings. The van der Waals surface area contributed by atoms with Gasteiger partial charge in [0.1, 0.15) is 5.69 Å². The molecule has 1 aromatic heterocycles. The predicted octanol–water partition coefficient (Wildman–Crippen LogP) is 4.10. The SMILES string of the molecule is Cc1ccc(NC(=O)c2nc(C(=O)N3CCCCCC3)c3n2CCCC3)cc1C. The summed E-state index contributed by atoms with van der Waals surface area (Å²) in [6.45, 7) is 6.39. The van der Waals surface area contributed by atoms with Gasteiger partial charge in [-0.3, -0.25) is 9.59 Å². The first kappa shape index (κ1) is 19.7.